The van der Waals surface area contributed by atoms with Crippen molar-refractivity contribution in [2.24, 2.45) is 11.8 Å². The van der Waals surface area contributed by atoms with Crippen LogP contribution in [0.5, 0.6) is 0 Å². The van der Waals surface area contributed by atoms with E-state index in [1.165, 1.54) is 14.0 Å². The molecule has 0 radical (unpaired) electrons. The van der Waals surface area contributed by atoms with E-state index in [0.717, 1.165) is 0 Å². The second kappa shape index (κ2) is 2.41. The fourth-order valence-electron chi connectivity index (χ4n) is 1.05. The molecular formula is C6H9F2NO2. The predicted octanol–water partition coefficient (Wildman–Crippen LogP) is 0.565. The third-order valence-electron chi connectivity index (χ3n) is 1.90. The first-order valence-electron chi connectivity index (χ1n) is 3.22. The van der Waals surface area contributed by atoms with Crippen LogP contribution in [0, 0.1) is 11.8 Å². The monoisotopic (exact) mass is 165 g/mol. The van der Waals surface area contributed by atoms with Crippen LogP contribution in [-0.4, -0.2) is 18.9 Å². The van der Waals surface area contributed by atoms with Crippen molar-refractivity contribution in [1.29, 1.82) is 0 Å². The SMILES string of the molecule is CONC(=O)C1C(C)C1(F)F. The van der Waals surface area contributed by atoms with Crippen LogP contribution in [0.15, 0.2) is 0 Å². The van der Waals surface area contributed by atoms with Crippen molar-refractivity contribution in [3.63, 3.8) is 0 Å². The van der Waals surface area contributed by atoms with Gasteiger partial charge in [-0.25, -0.2) is 14.3 Å². The predicted molar refractivity (Wildman–Crippen MR) is 32.8 cm³/mol. The van der Waals surface area contributed by atoms with Gasteiger partial charge in [0.1, 0.15) is 5.92 Å². The van der Waals surface area contributed by atoms with E-state index in [-0.39, 0.29) is 0 Å². The van der Waals surface area contributed by atoms with Crippen LogP contribution >= 0.6 is 0 Å². The van der Waals surface area contributed by atoms with Crippen LogP contribution in [-0.2, 0) is 9.63 Å². The summed E-state index contributed by atoms with van der Waals surface area (Å²) in [7, 11) is 1.21. The van der Waals surface area contributed by atoms with E-state index >= 15 is 0 Å². The maximum atomic E-state index is 12.4. The van der Waals surface area contributed by atoms with Gasteiger partial charge in [-0.3, -0.25) is 9.63 Å². The van der Waals surface area contributed by atoms with E-state index in [1.807, 2.05) is 5.48 Å². The molecule has 0 aliphatic heterocycles. The maximum Gasteiger partial charge on any atom is 0.263 e. The average molecular weight is 165 g/mol. The van der Waals surface area contributed by atoms with Crippen molar-refractivity contribution in [1.82, 2.24) is 5.48 Å². The van der Waals surface area contributed by atoms with Gasteiger partial charge in [0.25, 0.3) is 11.8 Å². The maximum absolute atomic E-state index is 12.4. The van der Waals surface area contributed by atoms with Crippen LogP contribution < -0.4 is 5.48 Å². The van der Waals surface area contributed by atoms with Crippen LogP contribution in [0.4, 0.5) is 8.78 Å². The number of hydrogen-bond acceptors (Lipinski definition) is 2. The average Bonchev–Trinajstić information content (AvgIpc) is 2.34. The fourth-order valence-corrected chi connectivity index (χ4v) is 1.05. The number of amides is 1. The van der Waals surface area contributed by atoms with E-state index in [4.69, 9.17) is 0 Å². The molecule has 2 unspecified atom stereocenters. The zero-order chi connectivity index (χ0) is 8.65. The molecule has 1 saturated carbocycles. The van der Waals surface area contributed by atoms with Crippen molar-refractivity contribution in [2.75, 3.05) is 7.11 Å². The Hall–Kier alpha value is -0.710. The van der Waals surface area contributed by atoms with Crippen LogP contribution in [0.2, 0.25) is 0 Å². The molecule has 0 aromatic carbocycles. The molecule has 1 aliphatic rings. The third kappa shape index (κ3) is 1.20. The summed E-state index contributed by atoms with van der Waals surface area (Å²) in [5.74, 6) is -5.66. The molecule has 1 fully saturated rings. The summed E-state index contributed by atoms with van der Waals surface area (Å²) >= 11 is 0. The summed E-state index contributed by atoms with van der Waals surface area (Å²) in [6, 6.07) is 0. The summed E-state index contributed by atoms with van der Waals surface area (Å²) in [5.41, 5.74) is 1.87. The van der Waals surface area contributed by atoms with Crippen molar-refractivity contribution < 1.29 is 18.4 Å². The van der Waals surface area contributed by atoms with Gasteiger partial charge < -0.3 is 0 Å². The van der Waals surface area contributed by atoms with E-state index in [2.05, 4.69) is 4.84 Å². The Morgan fingerprint density at radius 3 is 2.36 bits per heavy atom. The Morgan fingerprint density at radius 1 is 1.64 bits per heavy atom. The molecule has 3 nitrogen and oxygen atoms in total. The first kappa shape index (κ1) is 8.39. The van der Waals surface area contributed by atoms with E-state index < -0.39 is 23.7 Å². The fraction of sp³-hybridized carbons (Fsp3) is 0.833. The lowest BCUT2D eigenvalue weighted by atomic mass is 10.3. The highest BCUT2D eigenvalue weighted by Gasteiger charge is 2.69. The van der Waals surface area contributed by atoms with Gasteiger partial charge in [0.15, 0.2) is 0 Å². The smallest absolute Gasteiger partial charge is 0.263 e. The third-order valence-corrected chi connectivity index (χ3v) is 1.90. The van der Waals surface area contributed by atoms with Gasteiger partial charge in [0, 0.05) is 5.92 Å². The number of halogens is 2. The van der Waals surface area contributed by atoms with E-state index in [0.29, 0.717) is 0 Å². The van der Waals surface area contributed by atoms with Crippen molar-refractivity contribution in [3.05, 3.63) is 0 Å². The van der Waals surface area contributed by atoms with E-state index in [1.54, 1.807) is 0 Å². The quantitative estimate of drug-likeness (QED) is 0.607. The van der Waals surface area contributed by atoms with Crippen molar-refractivity contribution >= 4 is 5.91 Å². The lowest BCUT2D eigenvalue weighted by Gasteiger charge is -1.98. The van der Waals surface area contributed by atoms with Gasteiger partial charge >= 0.3 is 0 Å². The van der Waals surface area contributed by atoms with Crippen molar-refractivity contribution in [3.8, 4) is 0 Å². The molecule has 1 amide bonds. The number of rotatable bonds is 2. The Morgan fingerprint density at radius 2 is 2.09 bits per heavy atom. The van der Waals surface area contributed by atoms with Gasteiger partial charge in [-0.05, 0) is 0 Å². The number of nitrogens with one attached hydrogen (secondary N) is 1. The summed E-state index contributed by atoms with van der Waals surface area (Å²) in [4.78, 5) is 14.9. The van der Waals surface area contributed by atoms with E-state index in [9.17, 15) is 13.6 Å². The first-order chi connectivity index (χ1) is 5.01. The Balaban J connectivity index is 2.47. The Bertz CT molecular complexity index is 183. The molecule has 1 rings (SSSR count). The normalized spacial score (nSPS) is 33.1. The second-order valence-corrected chi connectivity index (χ2v) is 2.61. The van der Waals surface area contributed by atoms with Crippen LogP contribution in [0.1, 0.15) is 6.92 Å². The Labute approximate surface area is 62.7 Å². The molecule has 0 aromatic rings. The number of carbonyl (C=O) groups excluding carboxylic acids is 1. The molecule has 0 saturated heterocycles. The largest absolute Gasteiger partial charge is 0.277 e. The van der Waals surface area contributed by atoms with Gasteiger partial charge in [-0.2, -0.15) is 0 Å². The Kier molecular flexibility index (Phi) is 1.83. The number of hydrogen-bond donors (Lipinski definition) is 1. The first-order valence-corrected chi connectivity index (χ1v) is 3.22. The lowest BCUT2D eigenvalue weighted by molar-refractivity contribution is -0.134. The number of alkyl halides is 2. The van der Waals surface area contributed by atoms with Gasteiger partial charge in [0.05, 0.1) is 7.11 Å². The number of hydroxylamine groups is 1. The molecule has 1 N–H and O–H groups in total. The van der Waals surface area contributed by atoms with Crippen LogP contribution in [0.25, 0.3) is 0 Å². The summed E-state index contributed by atoms with van der Waals surface area (Å²) in [6.07, 6.45) is 0. The molecule has 11 heavy (non-hydrogen) atoms. The number of carbonyl (C=O) groups is 1. The standard InChI is InChI=1S/C6H9F2NO2/c1-3-4(6(3,7)8)5(10)9-11-2/h3-4H,1-2H3,(H,9,10). The topological polar surface area (TPSA) is 38.3 Å². The summed E-state index contributed by atoms with van der Waals surface area (Å²) in [6.45, 7) is 1.33. The zero-order valence-corrected chi connectivity index (χ0v) is 6.23. The molecule has 0 heterocycles. The van der Waals surface area contributed by atoms with Gasteiger partial charge in [-0.15, -0.1) is 0 Å². The zero-order valence-electron chi connectivity index (χ0n) is 6.23. The minimum atomic E-state index is -2.84. The molecule has 0 spiro atoms. The summed E-state index contributed by atoms with van der Waals surface area (Å²) in [5, 5.41) is 0. The highest BCUT2D eigenvalue weighted by Crippen LogP contribution is 2.54. The van der Waals surface area contributed by atoms with Crippen LogP contribution in [0.3, 0.4) is 0 Å². The molecule has 64 valence electrons. The van der Waals surface area contributed by atoms with Crippen molar-refractivity contribution in [2.45, 2.75) is 12.8 Å². The molecule has 0 bridgehead atoms. The molecular weight excluding hydrogens is 156 g/mol. The highest BCUT2D eigenvalue weighted by molar-refractivity contribution is 5.82. The summed E-state index contributed by atoms with van der Waals surface area (Å²) < 4.78 is 24.9. The van der Waals surface area contributed by atoms with Gasteiger partial charge in [-0.1, -0.05) is 6.92 Å². The van der Waals surface area contributed by atoms with Gasteiger partial charge in [0.2, 0.25) is 0 Å². The second-order valence-electron chi connectivity index (χ2n) is 2.61. The molecule has 5 heteroatoms. The molecule has 1 aliphatic carbocycles. The molecule has 2 atom stereocenters. The minimum absolute atomic E-state index is 0.745. The lowest BCUT2D eigenvalue weighted by Crippen LogP contribution is -2.25. The highest BCUT2D eigenvalue weighted by atomic mass is 19.3. The molecule has 0 aromatic heterocycles. The minimum Gasteiger partial charge on any atom is -0.277 e.